The summed E-state index contributed by atoms with van der Waals surface area (Å²) in [6, 6.07) is 5.59. The third-order valence-corrected chi connectivity index (χ3v) is 2.70. The Hall–Kier alpha value is -2.30. The number of rotatable bonds is 4. The maximum absolute atomic E-state index is 11.1. The lowest BCUT2D eigenvalue weighted by Crippen LogP contribution is -2.07. The summed E-state index contributed by atoms with van der Waals surface area (Å²) in [5, 5.41) is 9.10. The van der Waals surface area contributed by atoms with Gasteiger partial charge in [0.2, 0.25) is 0 Å². The molecule has 2 aromatic rings. The van der Waals surface area contributed by atoms with E-state index >= 15 is 0 Å². The molecule has 2 heterocycles. The van der Waals surface area contributed by atoms with Crippen molar-refractivity contribution in [3.05, 3.63) is 41.3 Å². The van der Waals surface area contributed by atoms with E-state index in [1.807, 2.05) is 32.0 Å². The standard InChI is InChI=1S/C14H15N3O2/c1-3-5-11-10(14(18)19)8-15-13(17-11)12-7-4-6-9(2)16-12/h4,6-8H,3,5H2,1-2H3,(H,18,19). The van der Waals surface area contributed by atoms with E-state index in [4.69, 9.17) is 5.11 Å². The molecule has 0 bridgehead atoms. The number of aromatic carboxylic acids is 1. The molecular formula is C14H15N3O2. The Labute approximate surface area is 111 Å². The van der Waals surface area contributed by atoms with Crippen LogP contribution in [0.3, 0.4) is 0 Å². The van der Waals surface area contributed by atoms with Gasteiger partial charge < -0.3 is 5.11 Å². The molecule has 98 valence electrons. The van der Waals surface area contributed by atoms with Gasteiger partial charge in [-0.15, -0.1) is 0 Å². The summed E-state index contributed by atoms with van der Waals surface area (Å²) in [6.07, 6.45) is 2.81. The lowest BCUT2D eigenvalue weighted by molar-refractivity contribution is 0.0694. The minimum absolute atomic E-state index is 0.165. The second kappa shape index (κ2) is 5.56. The van der Waals surface area contributed by atoms with Crippen molar-refractivity contribution in [1.29, 1.82) is 0 Å². The highest BCUT2D eigenvalue weighted by Gasteiger charge is 2.14. The highest BCUT2D eigenvalue weighted by molar-refractivity contribution is 5.88. The van der Waals surface area contributed by atoms with E-state index in [0.717, 1.165) is 12.1 Å². The van der Waals surface area contributed by atoms with Gasteiger partial charge in [0, 0.05) is 11.9 Å². The predicted octanol–water partition coefficient (Wildman–Crippen LogP) is 2.50. The van der Waals surface area contributed by atoms with Crippen LogP contribution in [0.5, 0.6) is 0 Å². The van der Waals surface area contributed by atoms with Gasteiger partial charge in [-0.3, -0.25) is 0 Å². The number of pyridine rings is 1. The minimum Gasteiger partial charge on any atom is -0.478 e. The fourth-order valence-corrected chi connectivity index (χ4v) is 1.81. The molecule has 5 nitrogen and oxygen atoms in total. The molecule has 0 saturated carbocycles. The van der Waals surface area contributed by atoms with Gasteiger partial charge in [0.1, 0.15) is 5.69 Å². The van der Waals surface area contributed by atoms with Crippen LogP contribution in [0.15, 0.2) is 24.4 Å². The highest BCUT2D eigenvalue weighted by atomic mass is 16.4. The molecule has 0 unspecified atom stereocenters. The third kappa shape index (κ3) is 2.93. The molecule has 0 spiro atoms. The lowest BCUT2D eigenvalue weighted by atomic mass is 10.1. The number of carboxylic acid groups (broad SMARTS) is 1. The zero-order valence-corrected chi connectivity index (χ0v) is 10.9. The molecule has 0 amide bonds. The van der Waals surface area contributed by atoms with Crippen LogP contribution in [0.1, 0.15) is 35.1 Å². The van der Waals surface area contributed by atoms with Gasteiger partial charge in [-0.05, 0) is 25.5 Å². The van der Waals surface area contributed by atoms with Crippen LogP contribution in [-0.4, -0.2) is 26.0 Å². The van der Waals surface area contributed by atoms with Gasteiger partial charge in [0.25, 0.3) is 0 Å². The molecular weight excluding hydrogens is 242 g/mol. The first-order chi connectivity index (χ1) is 9.11. The van der Waals surface area contributed by atoms with E-state index < -0.39 is 5.97 Å². The van der Waals surface area contributed by atoms with Crippen molar-refractivity contribution < 1.29 is 9.90 Å². The summed E-state index contributed by atoms with van der Waals surface area (Å²) in [4.78, 5) is 23.9. The van der Waals surface area contributed by atoms with E-state index in [-0.39, 0.29) is 5.56 Å². The number of hydrogen-bond donors (Lipinski definition) is 1. The monoisotopic (exact) mass is 257 g/mol. The molecule has 2 aromatic heterocycles. The first-order valence-electron chi connectivity index (χ1n) is 6.15. The highest BCUT2D eigenvalue weighted by Crippen LogP contribution is 2.16. The van der Waals surface area contributed by atoms with Crippen molar-refractivity contribution in [3.8, 4) is 11.5 Å². The third-order valence-electron chi connectivity index (χ3n) is 2.70. The van der Waals surface area contributed by atoms with Gasteiger partial charge in [-0.25, -0.2) is 19.7 Å². The van der Waals surface area contributed by atoms with Crippen molar-refractivity contribution in [2.45, 2.75) is 26.7 Å². The predicted molar refractivity (Wildman–Crippen MR) is 71.0 cm³/mol. The topological polar surface area (TPSA) is 76.0 Å². The summed E-state index contributed by atoms with van der Waals surface area (Å²) in [6.45, 7) is 3.88. The maximum Gasteiger partial charge on any atom is 0.339 e. The van der Waals surface area contributed by atoms with Gasteiger partial charge in [-0.1, -0.05) is 19.4 Å². The molecule has 0 radical (unpaired) electrons. The van der Waals surface area contributed by atoms with Crippen molar-refractivity contribution in [2.24, 2.45) is 0 Å². The molecule has 0 aliphatic heterocycles. The molecule has 0 saturated heterocycles. The Kier molecular flexibility index (Phi) is 3.85. The number of nitrogens with zero attached hydrogens (tertiary/aromatic N) is 3. The van der Waals surface area contributed by atoms with E-state index in [9.17, 15) is 4.79 Å². The van der Waals surface area contributed by atoms with Crippen molar-refractivity contribution in [1.82, 2.24) is 15.0 Å². The van der Waals surface area contributed by atoms with Gasteiger partial charge in [0.05, 0.1) is 11.3 Å². The molecule has 0 aliphatic rings. The van der Waals surface area contributed by atoms with Crippen LogP contribution in [0.4, 0.5) is 0 Å². The largest absolute Gasteiger partial charge is 0.478 e. The molecule has 0 fully saturated rings. The van der Waals surface area contributed by atoms with Crippen molar-refractivity contribution in [2.75, 3.05) is 0 Å². The number of aromatic nitrogens is 3. The lowest BCUT2D eigenvalue weighted by Gasteiger charge is -2.06. The molecule has 5 heteroatoms. The quantitative estimate of drug-likeness (QED) is 0.910. The van der Waals surface area contributed by atoms with Crippen molar-refractivity contribution >= 4 is 5.97 Å². The van der Waals surface area contributed by atoms with Gasteiger partial charge >= 0.3 is 5.97 Å². The Morgan fingerprint density at radius 1 is 1.32 bits per heavy atom. The SMILES string of the molecule is CCCc1nc(-c2cccc(C)n2)ncc1C(=O)O. The second-order valence-electron chi connectivity index (χ2n) is 4.27. The Balaban J connectivity index is 2.48. The normalized spacial score (nSPS) is 10.4. The summed E-state index contributed by atoms with van der Waals surface area (Å²) < 4.78 is 0. The first kappa shape index (κ1) is 13.1. The average Bonchev–Trinajstić information content (AvgIpc) is 2.39. The fraction of sp³-hybridized carbons (Fsp3) is 0.286. The van der Waals surface area contributed by atoms with Crippen LogP contribution in [-0.2, 0) is 6.42 Å². The van der Waals surface area contributed by atoms with Gasteiger partial charge in [0.15, 0.2) is 5.82 Å². The van der Waals surface area contributed by atoms with Crippen LogP contribution >= 0.6 is 0 Å². The molecule has 0 aliphatic carbocycles. The summed E-state index contributed by atoms with van der Waals surface area (Å²) >= 11 is 0. The number of carbonyl (C=O) groups is 1. The Morgan fingerprint density at radius 3 is 2.74 bits per heavy atom. The molecule has 0 atom stereocenters. The van der Waals surface area contributed by atoms with E-state index in [2.05, 4.69) is 15.0 Å². The summed E-state index contributed by atoms with van der Waals surface area (Å²) in [5.74, 6) is -0.524. The van der Waals surface area contributed by atoms with E-state index in [1.165, 1.54) is 6.20 Å². The Morgan fingerprint density at radius 2 is 2.11 bits per heavy atom. The van der Waals surface area contributed by atoms with Gasteiger partial charge in [-0.2, -0.15) is 0 Å². The van der Waals surface area contributed by atoms with Crippen molar-refractivity contribution in [3.63, 3.8) is 0 Å². The van der Waals surface area contributed by atoms with E-state index in [1.54, 1.807) is 0 Å². The van der Waals surface area contributed by atoms with Crippen LogP contribution < -0.4 is 0 Å². The number of carboxylic acids is 1. The minimum atomic E-state index is -0.993. The molecule has 1 N–H and O–H groups in total. The molecule has 2 rings (SSSR count). The van der Waals surface area contributed by atoms with Crippen LogP contribution in [0.25, 0.3) is 11.5 Å². The zero-order valence-electron chi connectivity index (χ0n) is 10.9. The second-order valence-corrected chi connectivity index (χ2v) is 4.27. The molecule has 19 heavy (non-hydrogen) atoms. The average molecular weight is 257 g/mol. The summed E-state index contributed by atoms with van der Waals surface area (Å²) in [5.41, 5.74) is 2.26. The van der Waals surface area contributed by atoms with Crippen LogP contribution in [0.2, 0.25) is 0 Å². The number of hydrogen-bond acceptors (Lipinski definition) is 4. The van der Waals surface area contributed by atoms with Crippen LogP contribution in [0, 0.1) is 6.92 Å². The molecule has 0 aromatic carbocycles. The zero-order chi connectivity index (χ0) is 13.8. The first-order valence-corrected chi connectivity index (χ1v) is 6.15. The smallest absolute Gasteiger partial charge is 0.339 e. The van der Waals surface area contributed by atoms with E-state index in [0.29, 0.717) is 23.6 Å². The Bertz CT molecular complexity index is 611. The number of aryl methyl sites for hydroxylation is 2. The summed E-state index contributed by atoms with van der Waals surface area (Å²) in [7, 11) is 0. The fourth-order valence-electron chi connectivity index (χ4n) is 1.81. The maximum atomic E-state index is 11.1.